The maximum Gasteiger partial charge on any atom is 0.227 e. The minimum absolute atomic E-state index is 0.0139. The smallest absolute Gasteiger partial charge is 0.227 e. The maximum atomic E-state index is 13.1. The number of benzene rings is 3. The van der Waals surface area contributed by atoms with Crippen molar-refractivity contribution in [2.45, 2.75) is 45.6 Å². The van der Waals surface area contributed by atoms with Crippen LogP contribution in [-0.4, -0.2) is 35.7 Å². The Bertz CT molecular complexity index is 1390. The number of ether oxygens (including phenoxy) is 2. The highest BCUT2D eigenvalue weighted by molar-refractivity contribution is 5.97. The van der Waals surface area contributed by atoms with Gasteiger partial charge < -0.3 is 18.9 Å². The molecule has 186 valence electrons. The minimum atomic E-state index is -0.0139. The highest BCUT2D eigenvalue weighted by atomic mass is 16.5. The predicted octanol–water partition coefficient (Wildman–Crippen LogP) is 6.08. The second kappa shape index (κ2) is 10.1. The Hall–Kier alpha value is -3.80. The molecule has 6 nitrogen and oxygen atoms in total. The van der Waals surface area contributed by atoms with Gasteiger partial charge in [0, 0.05) is 18.9 Å². The summed E-state index contributed by atoms with van der Waals surface area (Å²) in [5.74, 6) is 3.03. The van der Waals surface area contributed by atoms with Crippen LogP contribution in [0.5, 0.6) is 11.5 Å². The van der Waals surface area contributed by atoms with E-state index in [2.05, 4.69) is 49.6 Å². The van der Waals surface area contributed by atoms with E-state index in [1.54, 1.807) is 7.11 Å². The molecule has 3 aromatic carbocycles. The van der Waals surface area contributed by atoms with E-state index in [9.17, 15) is 4.79 Å². The number of methoxy groups -OCH3 is 1. The Morgan fingerprint density at radius 1 is 1.03 bits per heavy atom. The topological polar surface area (TPSA) is 56.6 Å². The molecule has 36 heavy (non-hydrogen) atoms. The van der Waals surface area contributed by atoms with E-state index in [-0.39, 0.29) is 11.8 Å². The summed E-state index contributed by atoms with van der Waals surface area (Å²) in [4.78, 5) is 19.9. The molecule has 1 saturated heterocycles. The number of aryl methyl sites for hydroxylation is 1. The van der Waals surface area contributed by atoms with E-state index < -0.39 is 0 Å². The molecule has 4 aromatic rings. The van der Waals surface area contributed by atoms with Gasteiger partial charge in [-0.2, -0.15) is 0 Å². The van der Waals surface area contributed by atoms with Crippen molar-refractivity contribution in [2.24, 2.45) is 0 Å². The second-order valence-corrected chi connectivity index (χ2v) is 9.73. The van der Waals surface area contributed by atoms with Crippen LogP contribution in [0.3, 0.4) is 0 Å². The Balaban J connectivity index is 1.42. The molecule has 0 aliphatic carbocycles. The van der Waals surface area contributed by atoms with Crippen LogP contribution in [0.25, 0.3) is 11.0 Å². The van der Waals surface area contributed by atoms with Gasteiger partial charge in [-0.05, 0) is 54.3 Å². The van der Waals surface area contributed by atoms with Crippen molar-refractivity contribution >= 4 is 22.6 Å². The van der Waals surface area contributed by atoms with Crippen molar-refractivity contribution in [1.29, 1.82) is 0 Å². The van der Waals surface area contributed by atoms with Crippen molar-refractivity contribution in [1.82, 2.24) is 9.55 Å². The van der Waals surface area contributed by atoms with E-state index in [1.807, 2.05) is 47.4 Å². The summed E-state index contributed by atoms with van der Waals surface area (Å²) in [6, 6.07) is 22.2. The molecule has 6 heteroatoms. The summed E-state index contributed by atoms with van der Waals surface area (Å²) in [7, 11) is 1.63. The lowest BCUT2D eigenvalue weighted by Gasteiger charge is -2.20. The predicted molar refractivity (Wildman–Crippen MR) is 143 cm³/mol. The number of hydrogen-bond acceptors (Lipinski definition) is 4. The summed E-state index contributed by atoms with van der Waals surface area (Å²) in [6.07, 6.45) is 0.414. The normalized spacial score (nSPS) is 15.8. The van der Waals surface area contributed by atoms with Gasteiger partial charge in [-0.1, -0.05) is 50.2 Å². The number of fused-ring (bicyclic) bond motifs is 1. The molecule has 0 spiro atoms. The van der Waals surface area contributed by atoms with Gasteiger partial charge in [0.1, 0.15) is 23.9 Å². The van der Waals surface area contributed by atoms with Gasteiger partial charge in [0.05, 0.1) is 30.4 Å². The molecule has 1 atom stereocenters. The lowest BCUT2D eigenvalue weighted by atomic mass is 10.0. The van der Waals surface area contributed by atoms with Crippen LogP contribution in [-0.2, 0) is 11.3 Å². The third-order valence-electron chi connectivity index (χ3n) is 6.91. The summed E-state index contributed by atoms with van der Waals surface area (Å²) in [5.41, 5.74) is 5.20. The zero-order valence-electron chi connectivity index (χ0n) is 21.4. The largest absolute Gasteiger partial charge is 0.495 e. The second-order valence-electron chi connectivity index (χ2n) is 9.73. The number of nitrogens with zero attached hydrogens (tertiary/aromatic N) is 3. The summed E-state index contributed by atoms with van der Waals surface area (Å²) < 4.78 is 14.1. The van der Waals surface area contributed by atoms with Crippen LogP contribution in [0, 0.1) is 6.92 Å². The van der Waals surface area contributed by atoms with Crippen molar-refractivity contribution in [3.8, 4) is 11.5 Å². The van der Waals surface area contributed by atoms with Crippen LogP contribution in [0.15, 0.2) is 66.7 Å². The van der Waals surface area contributed by atoms with Gasteiger partial charge in [0.2, 0.25) is 5.91 Å². The Morgan fingerprint density at radius 3 is 2.61 bits per heavy atom. The fourth-order valence-electron chi connectivity index (χ4n) is 5.10. The Morgan fingerprint density at radius 2 is 1.81 bits per heavy atom. The molecular weight excluding hydrogens is 450 g/mol. The maximum absolute atomic E-state index is 13.1. The zero-order chi connectivity index (χ0) is 25.2. The lowest BCUT2D eigenvalue weighted by molar-refractivity contribution is -0.117. The van der Waals surface area contributed by atoms with E-state index >= 15 is 0 Å². The Kier molecular flexibility index (Phi) is 6.68. The van der Waals surface area contributed by atoms with Gasteiger partial charge in [0.25, 0.3) is 0 Å². The molecule has 1 amide bonds. The molecule has 0 saturated carbocycles. The van der Waals surface area contributed by atoms with E-state index in [0.717, 1.165) is 28.3 Å². The quantitative estimate of drug-likeness (QED) is 0.305. The number of rotatable bonds is 8. The molecule has 0 bridgehead atoms. The first-order chi connectivity index (χ1) is 17.5. The van der Waals surface area contributed by atoms with Gasteiger partial charge in [-0.3, -0.25) is 4.79 Å². The average molecular weight is 484 g/mol. The first kappa shape index (κ1) is 23.9. The van der Waals surface area contributed by atoms with Crippen LogP contribution < -0.4 is 14.4 Å². The number of carbonyl (C=O) groups is 1. The highest BCUT2D eigenvalue weighted by Gasteiger charge is 2.36. The standard InChI is InChI=1S/C30H33N3O3/c1-20(2)23-14-13-21(3)17-28(23)36-16-15-32-25-10-6-5-9-24(25)31-30(32)22-18-29(34)33(19-22)26-11-7-8-12-27(26)35-4/h5-14,17,20,22H,15-16,18-19H2,1-4H3/t22-/m0/s1. The number of para-hydroxylation sites is 4. The molecular formula is C30H33N3O3. The van der Waals surface area contributed by atoms with Crippen LogP contribution in [0.1, 0.15) is 49.1 Å². The van der Waals surface area contributed by atoms with E-state index in [1.165, 1.54) is 11.1 Å². The fraction of sp³-hybridized carbons (Fsp3) is 0.333. The molecule has 1 aromatic heterocycles. The number of anilines is 1. The summed E-state index contributed by atoms with van der Waals surface area (Å²) in [6.45, 7) is 8.20. The fourth-order valence-corrected chi connectivity index (χ4v) is 5.10. The number of imidazole rings is 1. The van der Waals surface area contributed by atoms with E-state index in [4.69, 9.17) is 14.5 Å². The summed E-state index contributed by atoms with van der Waals surface area (Å²) in [5, 5.41) is 0. The van der Waals surface area contributed by atoms with Gasteiger partial charge in [0.15, 0.2) is 0 Å². The third-order valence-corrected chi connectivity index (χ3v) is 6.91. The van der Waals surface area contributed by atoms with Crippen molar-refractivity contribution in [3.63, 3.8) is 0 Å². The lowest BCUT2D eigenvalue weighted by Crippen LogP contribution is -2.25. The number of amides is 1. The number of hydrogen-bond donors (Lipinski definition) is 0. The van der Waals surface area contributed by atoms with E-state index in [0.29, 0.717) is 37.8 Å². The first-order valence-electron chi connectivity index (χ1n) is 12.6. The van der Waals surface area contributed by atoms with Gasteiger partial charge in [-0.25, -0.2) is 4.98 Å². The summed E-state index contributed by atoms with van der Waals surface area (Å²) >= 11 is 0. The highest BCUT2D eigenvalue weighted by Crippen LogP contribution is 2.37. The molecule has 0 unspecified atom stereocenters. The monoisotopic (exact) mass is 483 g/mol. The van der Waals surface area contributed by atoms with Gasteiger partial charge >= 0.3 is 0 Å². The molecule has 1 aliphatic heterocycles. The third kappa shape index (κ3) is 4.55. The van der Waals surface area contributed by atoms with Crippen LogP contribution >= 0.6 is 0 Å². The minimum Gasteiger partial charge on any atom is -0.495 e. The molecule has 5 rings (SSSR count). The van der Waals surface area contributed by atoms with Crippen LogP contribution in [0.2, 0.25) is 0 Å². The number of aromatic nitrogens is 2. The first-order valence-corrected chi connectivity index (χ1v) is 12.6. The van der Waals surface area contributed by atoms with Gasteiger partial charge in [-0.15, -0.1) is 0 Å². The molecule has 0 N–H and O–H groups in total. The molecule has 2 heterocycles. The van der Waals surface area contributed by atoms with Crippen molar-refractivity contribution in [2.75, 3.05) is 25.2 Å². The molecule has 1 aliphatic rings. The molecule has 1 fully saturated rings. The zero-order valence-corrected chi connectivity index (χ0v) is 21.4. The molecule has 0 radical (unpaired) electrons. The van der Waals surface area contributed by atoms with Crippen LogP contribution in [0.4, 0.5) is 5.69 Å². The van der Waals surface area contributed by atoms with Crippen molar-refractivity contribution < 1.29 is 14.3 Å². The average Bonchev–Trinajstić information content (AvgIpc) is 3.44. The SMILES string of the molecule is COc1ccccc1N1C[C@@H](c2nc3ccccc3n2CCOc2cc(C)ccc2C(C)C)CC1=O. The Labute approximate surface area is 212 Å². The van der Waals surface area contributed by atoms with Crippen molar-refractivity contribution in [3.05, 3.63) is 83.7 Å². The number of carbonyl (C=O) groups excluding carboxylic acids is 1.